The van der Waals surface area contributed by atoms with Gasteiger partial charge in [-0.1, -0.05) is 26.8 Å². The SMILES string of the molecule is Cc1cc2c(c(O)c1O[C@@H]1O[C@H](CO[C@@H]3OC[C@@H](O)[C@H](O)[C@H]3O)[C@@H](O)[C@H](O)[C@H]1O)C(C)C(O[C@@H]1O[C@H](CO)[C@@H](O)[C@H](O)[C@H]1O)CC2C(C)C. The van der Waals surface area contributed by atoms with Gasteiger partial charge in [-0.2, -0.15) is 0 Å². The molecule has 17 atom stereocenters. The molecule has 11 N–H and O–H groups in total. The van der Waals surface area contributed by atoms with Gasteiger partial charge in [0, 0.05) is 11.5 Å². The van der Waals surface area contributed by atoms with Gasteiger partial charge in [-0.05, 0) is 36.3 Å². The van der Waals surface area contributed by atoms with Crippen LogP contribution in [-0.2, 0) is 23.7 Å². The monoisotopic (exact) mass is 706 g/mol. The van der Waals surface area contributed by atoms with Crippen molar-refractivity contribution in [3.63, 3.8) is 0 Å². The average molecular weight is 707 g/mol. The molecule has 17 heteroatoms. The number of aryl methyl sites for hydroxylation is 1. The summed E-state index contributed by atoms with van der Waals surface area (Å²) in [6, 6.07) is 1.83. The highest BCUT2D eigenvalue weighted by atomic mass is 16.7. The summed E-state index contributed by atoms with van der Waals surface area (Å²) >= 11 is 0. The Balaban J connectivity index is 1.37. The van der Waals surface area contributed by atoms with Crippen LogP contribution in [0.4, 0.5) is 0 Å². The summed E-state index contributed by atoms with van der Waals surface area (Å²) < 4.78 is 34.2. The van der Waals surface area contributed by atoms with Crippen molar-refractivity contribution in [3.05, 3.63) is 22.8 Å². The van der Waals surface area contributed by atoms with Crippen LogP contribution < -0.4 is 4.74 Å². The molecule has 0 aromatic heterocycles. The number of ether oxygens (including phenoxy) is 6. The first-order chi connectivity index (χ1) is 23.1. The molecule has 3 unspecified atom stereocenters. The normalized spacial score (nSPS) is 44.5. The second-order valence-electron chi connectivity index (χ2n) is 13.8. The van der Waals surface area contributed by atoms with E-state index in [4.69, 9.17) is 28.4 Å². The minimum atomic E-state index is -1.78. The van der Waals surface area contributed by atoms with E-state index in [-0.39, 0.29) is 29.9 Å². The Morgan fingerprint density at radius 1 is 0.796 bits per heavy atom. The molecule has 17 nitrogen and oxygen atoms in total. The summed E-state index contributed by atoms with van der Waals surface area (Å²) in [6.07, 6.45) is -21.7. The maximum atomic E-state index is 11.7. The van der Waals surface area contributed by atoms with E-state index in [1.165, 1.54) is 0 Å². The number of benzene rings is 1. The number of phenolic OH excluding ortho intramolecular Hbond substituents is 1. The largest absolute Gasteiger partial charge is 0.504 e. The Morgan fingerprint density at radius 3 is 2.02 bits per heavy atom. The number of phenols is 1. The Kier molecular flexibility index (Phi) is 12.1. The second kappa shape index (κ2) is 15.4. The van der Waals surface area contributed by atoms with Gasteiger partial charge in [-0.3, -0.25) is 0 Å². The van der Waals surface area contributed by atoms with Gasteiger partial charge in [0.2, 0.25) is 6.29 Å². The standard InChI is InChI=1S/C32H50O17/c1-10(2)13-6-16(46-31-27(42)24(39)21(36)17(7-33)47-31)12(4)19-14(13)5-11(3)29(23(19)38)49-32-28(43)25(40)22(37)18(48-32)9-45-30-26(41)20(35)15(34)8-44-30/h5,10,12-13,15-18,20-22,24-28,30-43H,6-9H2,1-4H3/t12?,13?,15-,16?,17-,18-,20+,21-,22-,24+,25+,26-,27-,28-,30+,31-,32+/m1/s1. The van der Waals surface area contributed by atoms with Crippen molar-refractivity contribution >= 4 is 0 Å². The van der Waals surface area contributed by atoms with E-state index in [1.807, 2.05) is 19.9 Å². The fourth-order valence-corrected chi connectivity index (χ4v) is 7.06. The highest BCUT2D eigenvalue weighted by Gasteiger charge is 2.49. The number of aliphatic hydroxyl groups is 10. The zero-order chi connectivity index (χ0) is 36.1. The number of fused-ring (bicyclic) bond motifs is 1. The van der Waals surface area contributed by atoms with E-state index in [0.29, 0.717) is 17.5 Å². The minimum absolute atomic E-state index is 0.0506. The van der Waals surface area contributed by atoms with Crippen LogP contribution in [0, 0.1) is 12.8 Å². The lowest BCUT2D eigenvalue weighted by atomic mass is 9.70. The van der Waals surface area contributed by atoms with Crippen LogP contribution in [0.5, 0.6) is 11.5 Å². The van der Waals surface area contributed by atoms with Crippen molar-refractivity contribution in [3.8, 4) is 11.5 Å². The molecule has 4 aliphatic rings. The van der Waals surface area contributed by atoms with E-state index in [0.717, 1.165) is 5.56 Å². The minimum Gasteiger partial charge on any atom is -0.504 e. The molecule has 0 bridgehead atoms. The molecule has 280 valence electrons. The van der Waals surface area contributed by atoms with E-state index in [9.17, 15) is 56.2 Å². The summed E-state index contributed by atoms with van der Waals surface area (Å²) in [6.45, 7) is 6.00. The number of rotatable bonds is 9. The molecule has 3 fully saturated rings. The lowest BCUT2D eigenvalue weighted by molar-refractivity contribution is -0.313. The third kappa shape index (κ3) is 7.44. The van der Waals surface area contributed by atoms with Crippen LogP contribution in [0.25, 0.3) is 0 Å². The van der Waals surface area contributed by atoms with Gasteiger partial charge in [0.05, 0.1) is 25.9 Å². The lowest BCUT2D eigenvalue weighted by Gasteiger charge is -2.44. The van der Waals surface area contributed by atoms with Gasteiger partial charge in [0.15, 0.2) is 24.1 Å². The van der Waals surface area contributed by atoms with Crippen LogP contribution in [0.1, 0.15) is 55.7 Å². The van der Waals surface area contributed by atoms with Gasteiger partial charge < -0.3 is 84.6 Å². The molecule has 5 rings (SSSR count). The highest BCUT2D eigenvalue weighted by molar-refractivity contribution is 5.58. The van der Waals surface area contributed by atoms with Crippen LogP contribution in [0.2, 0.25) is 0 Å². The molecule has 1 aromatic carbocycles. The molecule has 1 aliphatic carbocycles. The maximum absolute atomic E-state index is 11.7. The average Bonchev–Trinajstić information content (AvgIpc) is 3.06. The van der Waals surface area contributed by atoms with Gasteiger partial charge in [0.25, 0.3) is 0 Å². The van der Waals surface area contributed by atoms with Crippen LogP contribution in [0.3, 0.4) is 0 Å². The third-order valence-corrected chi connectivity index (χ3v) is 10.2. The predicted molar refractivity (Wildman–Crippen MR) is 163 cm³/mol. The first kappa shape index (κ1) is 38.5. The molecule has 3 saturated heterocycles. The summed E-state index contributed by atoms with van der Waals surface area (Å²) in [5, 5.41) is 114. The van der Waals surface area contributed by atoms with Crippen molar-refractivity contribution in [1.29, 1.82) is 0 Å². The fraction of sp³-hybridized carbons (Fsp3) is 0.812. The first-order valence-corrected chi connectivity index (χ1v) is 16.5. The smallest absolute Gasteiger partial charge is 0.229 e. The highest BCUT2D eigenvalue weighted by Crippen LogP contribution is 2.51. The third-order valence-electron chi connectivity index (χ3n) is 10.2. The lowest BCUT2D eigenvalue weighted by Crippen LogP contribution is -2.61. The Bertz CT molecular complexity index is 1260. The molecular formula is C32H50O17. The van der Waals surface area contributed by atoms with Gasteiger partial charge in [0.1, 0.15) is 67.1 Å². The molecule has 1 aromatic rings. The topological polar surface area (TPSA) is 278 Å². The van der Waals surface area contributed by atoms with Crippen molar-refractivity contribution in [1.82, 2.24) is 0 Å². The van der Waals surface area contributed by atoms with Crippen molar-refractivity contribution in [2.45, 2.75) is 138 Å². The maximum Gasteiger partial charge on any atom is 0.229 e. The fourth-order valence-electron chi connectivity index (χ4n) is 7.06. The summed E-state index contributed by atoms with van der Waals surface area (Å²) in [7, 11) is 0. The number of hydrogen-bond donors (Lipinski definition) is 11. The number of aromatic hydroxyl groups is 1. The van der Waals surface area contributed by atoms with Crippen molar-refractivity contribution in [2.24, 2.45) is 5.92 Å². The molecule has 3 heterocycles. The quantitative estimate of drug-likeness (QED) is 0.120. The zero-order valence-electron chi connectivity index (χ0n) is 27.7. The number of aliphatic hydroxyl groups excluding tert-OH is 10. The second-order valence-corrected chi connectivity index (χ2v) is 13.8. The molecule has 0 amide bonds. The van der Waals surface area contributed by atoms with Crippen LogP contribution in [-0.4, -0.2) is 168 Å². The molecule has 49 heavy (non-hydrogen) atoms. The van der Waals surface area contributed by atoms with E-state index < -0.39 is 111 Å². The van der Waals surface area contributed by atoms with Gasteiger partial charge in [-0.15, -0.1) is 0 Å². The van der Waals surface area contributed by atoms with Gasteiger partial charge in [-0.25, -0.2) is 0 Å². The first-order valence-electron chi connectivity index (χ1n) is 16.5. The Morgan fingerprint density at radius 2 is 1.39 bits per heavy atom. The van der Waals surface area contributed by atoms with E-state index in [2.05, 4.69) is 0 Å². The van der Waals surface area contributed by atoms with Crippen LogP contribution in [0.15, 0.2) is 6.07 Å². The van der Waals surface area contributed by atoms with E-state index in [1.54, 1.807) is 13.8 Å². The van der Waals surface area contributed by atoms with E-state index >= 15 is 0 Å². The summed E-state index contributed by atoms with van der Waals surface area (Å²) in [5.41, 5.74) is 1.72. The Labute approximate surface area is 282 Å². The summed E-state index contributed by atoms with van der Waals surface area (Å²) in [4.78, 5) is 0. The van der Waals surface area contributed by atoms with Crippen LogP contribution >= 0.6 is 0 Å². The van der Waals surface area contributed by atoms with Crippen molar-refractivity contribution < 1.29 is 84.6 Å². The van der Waals surface area contributed by atoms with Crippen molar-refractivity contribution in [2.75, 3.05) is 19.8 Å². The number of hydrogen-bond acceptors (Lipinski definition) is 17. The zero-order valence-corrected chi connectivity index (χ0v) is 27.7. The molecule has 0 radical (unpaired) electrons. The molecular weight excluding hydrogens is 656 g/mol. The molecule has 0 spiro atoms. The Hall–Kier alpha value is -1.78. The summed E-state index contributed by atoms with van der Waals surface area (Å²) in [5.74, 6) is -1.05. The predicted octanol–water partition coefficient (Wildman–Crippen LogP) is -3.23. The molecule has 3 aliphatic heterocycles. The van der Waals surface area contributed by atoms with Gasteiger partial charge >= 0.3 is 0 Å². The molecule has 0 saturated carbocycles.